The van der Waals surface area contributed by atoms with Gasteiger partial charge in [0.15, 0.2) is 0 Å². The molecule has 0 radical (unpaired) electrons. The van der Waals surface area contributed by atoms with Crippen LogP contribution in [0, 0.1) is 0 Å². The van der Waals surface area contributed by atoms with Crippen LogP contribution in [0.15, 0.2) is 24.3 Å². The molecular weight excluding hydrogens is 402 g/mol. The van der Waals surface area contributed by atoms with E-state index in [1.54, 1.807) is 12.1 Å². The molecule has 0 spiro atoms. The number of rotatable bonds is 14. The summed E-state index contributed by atoms with van der Waals surface area (Å²) in [4.78, 5) is 35.7. The lowest BCUT2D eigenvalue weighted by molar-refractivity contribution is -0.141. The summed E-state index contributed by atoms with van der Waals surface area (Å²) >= 11 is 0. The van der Waals surface area contributed by atoms with Gasteiger partial charge in [0.2, 0.25) is 11.8 Å². The maximum absolute atomic E-state index is 12.1. The second-order valence-corrected chi connectivity index (χ2v) is 8.03. The molecule has 1 rings (SSSR count). The zero-order chi connectivity index (χ0) is 23.4. The summed E-state index contributed by atoms with van der Waals surface area (Å²) < 4.78 is 0. The number of nitrogens with two attached hydrogens (primary N) is 1. The topological polar surface area (TPSA) is 166 Å². The third-order valence-corrected chi connectivity index (χ3v) is 4.43. The number of carbonyl (C=O) groups is 3. The lowest BCUT2D eigenvalue weighted by Gasteiger charge is -2.28. The Kier molecular flexibility index (Phi) is 10.9. The highest BCUT2D eigenvalue weighted by Crippen LogP contribution is 2.11. The quantitative estimate of drug-likeness (QED) is 0.158. The van der Waals surface area contributed by atoms with E-state index in [0.29, 0.717) is 25.1 Å². The minimum absolute atomic E-state index is 0.0406. The van der Waals surface area contributed by atoms with Crippen LogP contribution >= 0.6 is 0 Å². The lowest BCUT2D eigenvalue weighted by atomic mass is 10.1. The van der Waals surface area contributed by atoms with E-state index in [0.717, 1.165) is 0 Å². The highest BCUT2D eigenvalue weighted by Gasteiger charge is 2.22. The number of phenolic OH excluding ortho intramolecular Hbond substituents is 1. The first-order valence-corrected chi connectivity index (χ1v) is 10.3. The number of hydrogen-bond acceptors (Lipinski definition) is 7. The Hall–Kier alpha value is -2.69. The number of nitrogens with one attached hydrogen (secondary N) is 4. The van der Waals surface area contributed by atoms with Gasteiger partial charge < -0.3 is 31.9 Å². The van der Waals surface area contributed by atoms with Gasteiger partial charge in [0, 0.05) is 32.4 Å². The van der Waals surface area contributed by atoms with Crippen molar-refractivity contribution in [3.8, 4) is 5.75 Å². The molecule has 1 aromatic rings. The molecule has 0 fully saturated rings. The number of carboxylic acids is 1. The summed E-state index contributed by atoms with van der Waals surface area (Å²) in [6.07, 6.45) is 0.475. The molecule has 174 valence electrons. The first kappa shape index (κ1) is 26.3. The minimum Gasteiger partial charge on any atom is -0.508 e. The molecule has 0 heterocycles. The van der Waals surface area contributed by atoms with E-state index < -0.39 is 23.6 Å². The first-order chi connectivity index (χ1) is 14.5. The number of carboxylic acid groups (broad SMARTS) is 1. The summed E-state index contributed by atoms with van der Waals surface area (Å²) in [6.45, 7) is 6.80. The molecule has 0 aliphatic carbocycles. The van der Waals surface area contributed by atoms with Gasteiger partial charge in [-0.15, -0.1) is 0 Å². The Bertz CT molecular complexity index is 721. The maximum Gasteiger partial charge on any atom is 0.326 e. The van der Waals surface area contributed by atoms with Crippen LogP contribution in [0.4, 0.5) is 0 Å². The van der Waals surface area contributed by atoms with Crippen molar-refractivity contribution in [2.24, 2.45) is 5.73 Å². The van der Waals surface area contributed by atoms with E-state index in [9.17, 15) is 24.6 Å². The molecule has 0 unspecified atom stereocenters. The molecule has 0 saturated carbocycles. The molecule has 0 saturated heterocycles. The van der Waals surface area contributed by atoms with Gasteiger partial charge in [-0.3, -0.25) is 14.9 Å². The molecule has 0 aliphatic rings. The normalized spacial score (nSPS) is 13.3. The number of phenols is 1. The number of amides is 2. The standard InChI is InChI=1S/C21H35N5O5/c1-14(22)23-11-12-24-21(2,3)26-19(29)6-4-5-18(28)25-17(20(30)31)13-15-7-9-16(27)10-8-15/h7-10,14,17,23-24,27H,4-6,11-13,22H2,1-3H3,(H,25,28)(H,26,29)(H,30,31)/t14-,17+/m1/s1. The predicted octanol–water partition coefficient (Wildman–Crippen LogP) is 0.0106. The number of aromatic hydroxyl groups is 1. The fourth-order valence-corrected chi connectivity index (χ4v) is 2.87. The van der Waals surface area contributed by atoms with Crippen molar-refractivity contribution < 1.29 is 24.6 Å². The Balaban J connectivity index is 2.35. The lowest BCUT2D eigenvalue weighted by Crippen LogP contribution is -2.56. The molecular formula is C21H35N5O5. The highest BCUT2D eigenvalue weighted by atomic mass is 16.4. The molecule has 1 aromatic carbocycles. The zero-order valence-corrected chi connectivity index (χ0v) is 18.4. The fourth-order valence-electron chi connectivity index (χ4n) is 2.87. The molecule has 0 bridgehead atoms. The first-order valence-electron chi connectivity index (χ1n) is 10.3. The fraction of sp³-hybridized carbons (Fsp3) is 0.571. The van der Waals surface area contributed by atoms with Gasteiger partial charge in [0.05, 0.1) is 11.8 Å². The van der Waals surface area contributed by atoms with Gasteiger partial charge in [0.1, 0.15) is 11.8 Å². The molecule has 2 atom stereocenters. The van der Waals surface area contributed by atoms with Crippen LogP contribution in [0.2, 0.25) is 0 Å². The van der Waals surface area contributed by atoms with Crippen molar-refractivity contribution in [1.29, 1.82) is 0 Å². The van der Waals surface area contributed by atoms with E-state index in [1.807, 2.05) is 20.8 Å². The average Bonchev–Trinajstić information content (AvgIpc) is 2.65. The van der Waals surface area contributed by atoms with E-state index in [1.165, 1.54) is 12.1 Å². The third-order valence-electron chi connectivity index (χ3n) is 4.43. The van der Waals surface area contributed by atoms with Gasteiger partial charge in [-0.25, -0.2) is 4.79 Å². The zero-order valence-electron chi connectivity index (χ0n) is 18.4. The van der Waals surface area contributed by atoms with Crippen LogP contribution in [0.5, 0.6) is 5.75 Å². The summed E-state index contributed by atoms with van der Waals surface area (Å²) in [6, 6.07) is 5.04. The molecule has 0 aromatic heterocycles. The van der Waals surface area contributed by atoms with Crippen molar-refractivity contribution >= 4 is 17.8 Å². The molecule has 8 N–H and O–H groups in total. The van der Waals surface area contributed by atoms with Gasteiger partial charge in [-0.05, 0) is 44.9 Å². The van der Waals surface area contributed by atoms with Crippen LogP contribution in [-0.2, 0) is 20.8 Å². The largest absolute Gasteiger partial charge is 0.508 e. The van der Waals surface area contributed by atoms with E-state index >= 15 is 0 Å². The second-order valence-electron chi connectivity index (χ2n) is 8.03. The van der Waals surface area contributed by atoms with Crippen molar-refractivity contribution in [1.82, 2.24) is 21.3 Å². The van der Waals surface area contributed by atoms with Gasteiger partial charge in [0.25, 0.3) is 0 Å². The number of benzene rings is 1. The average molecular weight is 438 g/mol. The van der Waals surface area contributed by atoms with Crippen LogP contribution in [0.25, 0.3) is 0 Å². The third kappa shape index (κ3) is 11.9. The molecule has 0 aliphatic heterocycles. The Morgan fingerprint density at radius 1 is 1.06 bits per heavy atom. The van der Waals surface area contributed by atoms with E-state index in [-0.39, 0.29) is 37.1 Å². The Labute approximate surface area is 183 Å². The van der Waals surface area contributed by atoms with Crippen LogP contribution in [-0.4, -0.2) is 59.0 Å². The molecule has 2 amide bonds. The summed E-state index contributed by atoms with van der Waals surface area (Å²) in [5, 5.41) is 30.3. The molecule has 31 heavy (non-hydrogen) atoms. The van der Waals surface area contributed by atoms with E-state index in [2.05, 4.69) is 21.3 Å². The number of aliphatic carboxylic acids is 1. The van der Waals surface area contributed by atoms with Crippen LogP contribution in [0.3, 0.4) is 0 Å². The smallest absolute Gasteiger partial charge is 0.326 e. The SMILES string of the molecule is C[C@H](N)NCCNC(C)(C)NC(=O)CCCC(=O)N[C@@H](Cc1ccc(O)cc1)C(=O)O. The van der Waals surface area contributed by atoms with Crippen molar-refractivity contribution in [2.45, 2.75) is 64.3 Å². The van der Waals surface area contributed by atoms with Crippen molar-refractivity contribution in [2.75, 3.05) is 13.1 Å². The maximum atomic E-state index is 12.1. The Morgan fingerprint density at radius 3 is 2.26 bits per heavy atom. The van der Waals surface area contributed by atoms with Crippen molar-refractivity contribution in [3.63, 3.8) is 0 Å². The van der Waals surface area contributed by atoms with Crippen LogP contribution in [0.1, 0.15) is 45.6 Å². The summed E-state index contributed by atoms with van der Waals surface area (Å²) in [5.41, 5.74) is 5.67. The highest BCUT2D eigenvalue weighted by molar-refractivity contribution is 5.84. The Morgan fingerprint density at radius 2 is 1.68 bits per heavy atom. The summed E-state index contributed by atoms with van der Waals surface area (Å²) in [7, 11) is 0. The molecule has 10 heteroatoms. The number of hydrogen-bond donors (Lipinski definition) is 7. The molecule has 10 nitrogen and oxygen atoms in total. The van der Waals surface area contributed by atoms with Gasteiger partial charge in [-0.1, -0.05) is 12.1 Å². The van der Waals surface area contributed by atoms with Gasteiger partial charge in [-0.2, -0.15) is 0 Å². The van der Waals surface area contributed by atoms with Crippen LogP contribution < -0.4 is 27.0 Å². The monoisotopic (exact) mass is 437 g/mol. The second kappa shape index (κ2) is 12.9. The summed E-state index contributed by atoms with van der Waals surface area (Å²) in [5.74, 6) is -1.70. The van der Waals surface area contributed by atoms with Gasteiger partial charge >= 0.3 is 5.97 Å². The van der Waals surface area contributed by atoms with E-state index in [4.69, 9.17) is 5.73 Å². The minimum atomic E-state index is -1.15. The van der Waals surface area contributed by atoms with Crippen molar-refractivity contribution in [3.05, 3.63) is 29.8 Å². The predicted molar refractivity (Wildman–Crippen MR) is 117 cm³/mol. The number of carbonyl (C=O) groups excluding carboxylic acids is 2.